The predicted octanol–water partition coefficient (Wildman–Crippen LogP) is 2.09. The highest BCUT2D eigenvalue weighted by Crippen LogP contribution is 2.15. The summed E-state index contributed by atoms with van der Waals surface area (Å²) in [4.78, 5) is 13.6. The van der Waals surface area contributed by atoms with Gasteiger partial charge in [0.15, 0.2) is 0 Å². The molecule has 1 unspecified atom stereocenters. The van der Waals surface area contributed by atoms with Crippen LogP contribution < -0.4 is 5.32 Å². The predicted molar refractivity (Wildman–Crippen MR) is 60.0 cm³/mol. The minimum Gasteiger partial charge on any atom is -0.496 e. The zero-order chi connectivity index (χ0) is 10.7. The van der Waals surface area contributed by atoms with Crippen LogP contribution >= 0.6 is 11.3 Å². The van der Waals surface area contributed by atoms with Gasteiger partial charge in [-0.3, -0.25) is 4.79 Å². The van der Waals surface area contributed by atoms with Crippen LogP contribution in [0.5, 0.6) is 0 Å². The van der Waals surface area contributed by atoms with Gasteiger partial charge in [0.2, 0.25) is 0 Å². The van der Waals surface area contributed by atoms with Crippen LogP contribution in [0.2, 0.25) is 0 Å². The average molecular weight is 223 g/mol. The summed E-state index contributed by atoms with van der Waals surface area (Å²) >= 11 is 1.51. The quantitative estimate of drug-likeness (QED) is 0.852. The molecule has 15 heavy (non-hydrogen) atoms. The molecule has 1 aliphatic heterocycles. The molecule has 0 saturated heterocycles. The number of carbonyl (C=O) groups excluding carboxylic acids is 1. The number of aryl methyl sites for hydroxylation is 1. The second-order valence-electron chi connectivity index (χ2n) is 3.49. The molecule has 4 heteroatoms. The molecule has 0 spiro atoms. The van der Waals surface area contributed by atoms with Crippen molar-refractivity contribution in [2.24, 2.45) is 0 Å². The summed E-state index contributed by atoms with van der Waals surface area (Å²) in [6, 6.07) is 3.80. The van der Waals surface area contributed by atoms with Gasteiger partial charge in [-0.25, -0.2) is 0 Å². The third kappa shape index (κ3) is 2.59. The number of thiophene rings is 1. The molecular formula is C11H13NO2S. The van der Waals surface area contributed by atoms with Gasteiger partial charge in [0.05, 0.1) is 17.7 Å². The molecule has 80 valence electrons. The third-order valence-corrected chi connectivity index (χ3v) is 3.22. The molecule has 3 nitrogen and oxygen atoms in total. The van der Waals surface area contributed by atoms with E-state index in [0.29, 0.717) is 6.54 Å². The van der Waals surface area contributed by atoms with Gasteiger partial charge in [-0.2, -0.15) is 0 Å². The molecule has 1 aliphatic rings. The lowest BCUT2D eigenvalue weighted by atomic mass is 10.2. The normalized spacial score (nSPS) is 18.9. The second kappa shape index (κ2) is 4.49. The summed E-state index contributed by atoms with van der Waals surface area (Å²) in [7, 11) is 0. The molecule has 1 atom stereocenters. The smallest absolute Gasteiger partial charge is 0.261 e. The van der Waals surface area contributed by atoms with Crippen molar-refractivity contribution in [1.29, 1.82) is 0 Å². The Labute approximate surface area is 92.8 Å². The van der Waals surface area contributed by atoms with Crippen LogP contribution in [-0.4, -0.2) is 18.6 Å². The molecule has 0 aromatic carbocycles. The summed E-state index contributed by atoms with van der Waals surface area (Å²) < 4.78 is 5.25. The van der Waals surface area contributed by atoms with Crippen molar-refractivity contribution < 1.29 is 9.53 Å². The Kier molecular flexibility index (Phi) is 3.06. The Balaban J connectivity index is 1.82. The molecule has 1 N–H and O–H groups in total. The molecule has 2 heterocycles. The topological polar surface area (TPSA) is 38.3 Å². The van der Waals surface area contributed by atoms with Gasteiger partial charge in [-0.1, -0.05) is 0 Å². The minimum atomic E-state index is -0.0106. The van der Waals surface area contributed by atoms with Crippen molar-refractivity contribution in [3.8, 4) is 0 Å². The van der Waals surface area contributed by atoms with Crippen molar-refractivity contribution in [2.45, 2.75) is 19.4 Å². The molecule has 1 aromatic rings. The SMILES string of the molecule is Cc1ccc(C(=O)NCC2CC=CO2)s1. The standard InChI is InChI=1S/C11H13NO2S/c1-8-4-5-10(15-8)11(13)12-7-9-3-2-6-14-9/h2,4-6,9H,3,7H2,1H3,(H,12,13). The molecule has 2 rings (SSSR count). The highest BCUT2D eigenvalue weighted by atomic mass is 32.1. The van der Waals surface area contributed by atoms with E-state index in [-0.39, 0.29) is 12.0 Å². The number of amides is 1. The first-order valence-electron chi connectivity index (χ1n) is 4.91. The number of ether oxygens (including phenoxy) is 1. The Bertz CT molecular complexity index is 376. The highest BCUT2D eigenvalue weighted by molar-refractivity contribution is 7.13. The Morgan fingerprint density at radius 1 is 1.67 bits per heavy atom. The molecule has 1 aromatic heterocycles. The molecule has 0 bridgehead atoms. The van der Waals surface area contributed by atoms with Crippen LogP contribution in [0.4, 0.5) is 0 Å². The first-order valence-corrected chi connectivity index (χ1v) is 5.72. The van der Waals surface area contributed by atoms with Gasteiger partial charge < -0.3 is 10.1 Å². The Morgan fingerprint density at radius 3 is 3.13 bits per heavy atom. The highest BCUT2D eigenvalue weighted by Gasteiger charge is 2.14. The van der Waals surface area contributed by atoms with Crippen molar-refractivity contribution >= 4 is 17.2 Å². The monoisotopic (exact) mass is 223 g/mol. The van der Waals surface area contributed by atoms with Crippen LogP contribution in [0.1, 0.15) is 21.0 Å². The maximum atomic E-state index is 11.6. The van der Waals surface area contributed by atoms with E-state index in [1.54, 1.807) is 6.26 Å². The van der Waals surface area contributed by atoms with Crippen LogP contribution in [0, 0.1) is 6.92 Å². The Morgan fingerprint density at radius 2 is 2.53 bits per heavy atom. The fourth-order valence-electron chi connectivity index (χ4n) is 1.41. The van der Waals surface area contributed by atoms with Crippen LogP contribution in [0.3, 0.4) is 0 Å². The van der Waals surface area contributed by atoms with Crippen molar-refractivity contribution in [2.75, 3.05) is 6.54 Å². The van der Waals surface area contributed by atoms with E-state index in [0.717, 1.165) is 16.2 Å². The van der Waals surface area contributed by atoms with Crippen LogP contribution in [0.15, 0.2) is 24.5 Å². The zero-order valence-corrected chi connectivity index (χ0v) is 9.34. The third-order valence-electron chi connectivity index (χ3n) is 2.22. The van der Waals surface area contributed by atoms with E-state index in [1.807, 2.05) is 25.1 Å². The van der Waals surface area contributed by atoms with E-state index in [4.69, 9.17) is 4.74 Å². The van der Waals surface area contributed by atoms with Crippen LogP contribution in [-0.2, 0) is 4.74 Å². The summed E-state index contributed by atoms with van der Waals surface area (Å²) in [5.74, 6) is -0.0106. The lowest BCUT2D eigenvalue weighted by Crippen LogP contribution is -2.31. The molecule has 0 saturated carbocycles. The number of nitrogens with one attached hydrogen (secondary N) is 1. The van der Waals surface area contributed by atoms with Crippen molar-refractivity contribution in [1.82, 2.24) is 5.32 Å². The van der Waals surface area contributed by atoms with E-state index in [9.17, 15) is 4.79 Å². The largest absolute Gasteiger partial charge is 0.496 e. The van der Waals surface area contributed by atoms with Gasteiger partial charge in [-0.15, -0.1) is 11.3 Å². The number of hydrogen-bond donors (Lipinski definition) is 1. The van der Waals surface area contributed by atoms with E-state index in [1.165, 1.54) is 11.3 Å². The molecule has 0 aliphatic carbocycles. The summed E-state index contributed by atoms with van der Waals surface area (Å²) in [5.41, 5.74) is 0. The van der Waals surface area contributed by atoms with E-state index < -0.39 is 0 Å². The first kappa shape index (κ1) is 10.2. The average Bonchev–Trinajstić information content (AvgIpc) is 2.84. The van der Waals surface area contributed by atoms with Gasteiger partial charge >= 0.3 is 0 Å². The van der Waals surface area contributed by atoms with Crippen LogP contribution in [0.25, 0.3) is 0 Å². The molecular weight excluding hydrogens is 210 g/mol. The summed E-state index contributed by atoms with van der Waals surface area (Å²) in [6.07, 6.45) is 4.64. The number of hydrogen-bond acceptors (Lipinski definition) is 3. The van der Waals surface area contributed by atoms with Gasteiger partial charge in [-0.05, 0) is 25.1 Å². The van der Waals surface area contributed by atoms with Crippen molar-refractivity contribution in [3.63, 3.8) is 0 Å². The maximum absolute atomic E-state index is 11.6. The van der Waals surface area contributed by atoms with Gasteiger partial charge in [0.1, 0.15) is 6.10 Å². The molecule has 0 radical (unpaired) electrons. The summed E-state index contributed by atoms with van der Waals surface area (Å²) in [6.45, 7) is 2.56. The fourth-order valence-corrected chi connectivity index (χ4v) is 2.20. The lowest BCUT2D eigenvalue weighted by molar-refractivity contribution is 0.0921. The lowest BCUT2D eigenvalue weighted by Gasteiger charge is -2.10. The number of carbonyl (C=O) groups is 1. The van der Waals surface area contributed by atoms with Gasteiger partial charge in [0, 0.05) is 11.3 Å². The first-order chi connectivity index (χ1) is 7.25. The Hall–Kier alpha value is -1.29. The van der Waals surface area contributed by atoms with E-state index >= 15 is 0 Å². The molecule has 0 fully saturated rings. The van der Waals surface area contributed by atoms with Gasteiger partial charge in [0.25, 0.3) is 5.91 Å². The minimum absolute atomic E-state index is 0.0106. The van der Waals surface area contributed by atoms with Crippen molar-refractivity contribution in [3.05, 3.63) is 34.2 Å². The second-order valence-corrected chi connectivity index (χ2v) is 4.77. The number of rotatable bonds is 3. The maximum Gasteiger partial charge on any atom is 0.261 e. The summed E-state index contributed by atoms with van der Waals surface area (Å²) in [5, 5.41) is 2.86. The van der Waals surface area contributed by atoms with E-state index in [2.05, 4.69) is 5.32 Å². The zero-order valence-electron chi connectivity index (χ0n) is 8.53. The molecule has 1 amide bonds. The fraction of sp³-hybridized carbons (Fsp3) is 0.364.